The van der Waals surface area contributed by atoms with E-state index in [0.717, 1.165) is 25.7 Å². The topological polar surface area (TPSA) is 85.2 Å². The molecule has 7 heteroatoms. The van der Waals surface area contributed by atoms with Gasteiger partial charge in [0.1, 0.15) is 13.4 Å². The Morgan fingerprint density at radius 2 is 1.75 bits per heavy atom. The van der Waals surface area contributed by atoms with Crippen molar-refractivity contribution in [3.05, 3.63) is 5.21 Å². The number of ether oxygens (including phenoxy) is 2. The summed E-state index contributed by atoms with van der Waals surface area (Å²) in [6.45, 7) is 5.15. The molecule has 1 aliphatic rings. The molecule has 7 nitrogen and oxygen atoms in total. The Morgan fingerprint density at radius 3 is 2.35 bits per heavy atom. The minimum absolute atomic E-state index is 0.0272. The predicted octanol–water partition coefficient (Wildman–Crippen LogP) is 0.759. The van der Waals surface area contributed by atoms with Gasteiger partial charge in [0.05, 0.1) is 6.61 Å². The van der Waals surface area contributed by atoms with Crippen molar-refractivity contribution >= 4 is 0 Å². The Kier molecular flexibility index (Phi) is 7.90. The first kappa shape index (κ1) is 17.8. The molecule has 3 unspecified atom stereocenters. The summed E-state index contributed by atoms with van der Waals surface area (Å²) in [5, 5.41) is 32.2. The van der Waals surface area contributed by atoms with E-state index in [2.05, 4.69) is 6.92 Å². The molecule has 3 atom stereocenters. The van der Waals surface area contributed by atoms with Crippen molar-refractivity contribution in [2.75, 3.05) is 33.3 Å². The van der Waals surface area contributed by atoms with Crippen LogP contribution in [0.5, 0.6) is 0 Å². The van der Waals surface area contributed by atoms with Crippen LogP contribution in [-0.2, 0) is 9.47 Å². The first-order valence-electron chi connectivity index (χ1n) is 7.38. The number of hydroxylamine groups is 3. The van der Waals surface area contributed by atoms with Crippen LogP contribution >= 0.6 is 0 Å². The number of nitrogens with zero attached hydrogens (tertiary/aromatic N) is 2. The summed E-state index contributed by atoms with van der Waals surface area (Å²) >= 11 is 0. The summed E-state index contributed by atoms with van der Waals surface area (Å²) in [5.74, 6) is 0. The van der Waals surface area contributed by atoms with Gasteiger partial charge in [0, 0.05) is 6.61 Å². The summed E-state index contributed by atoms with van der Waals surface area (Å²) in [6, 6.07) is 0. The smallest absolute Gasteiger partial charge is 0.234 e. The molecule has 0 aromatic heterocycles. The largest absolute Gasteiger partial charge is 0.628 e. The molecule has 1 heterocycles. The van der Waals surface area contributed by atoms with Crippen LogP contribution < -0.4 is 0 Å². The highest BCUT2D eigenvalue weighted by molar-refractivity contribution is 4.68. The van der Waals surface area contributed by atoms with Crippen LogP contribution in [-0.4, -0.2) is 65.6 Å². The molecule has 1 aliphatic heterocycles. The quantitative estimate of drug-likeness (QED) is 0.351. The van der Waals surface area contributed by atoms with Crippen molar-refractivity contribution in [3.8, 4) is 0 Å². The van der Waals surface area contributed by atoms with Crippen LogP contribution in [0.1, 0.15) is 39.5 Å². The molecule has 0 amide bonds. The second kappa shape index (κ2) is 8.89. The number of hydrogen-bond donors (Lipinski definition) is 2. The van der Waals surface area contributed by atoms with E-state index in [9.17, 15) is 15.4 Å². The van der Waals surface area contributed by atoms with Gasteiger partial charge >= 0.3 is 0 Å². The molecule has 1 rings (SSSR count). The highest BCUT2D eigenvalue weighted by Gasteiger charge is 2.46. The first-order chi connectivity index (χ1) is 9.55. The molecule has 0 aliphatic carbocycles. The van der Waals surface area contributed by atoms with Crippen LogP contribution in [0.3, 0.4) is 0 Å². The van der Waals surface area contributed by atoms with E-state index in [1.165, 1.54) is 4.90 Å². The third-order valence-electron chi connectivity index (χ3n) is 3.40. The number of aliphatic hydroxyl groups excluding tert-OH is 2. The Hall–Kier alpha value is -0.280. The Labute approximate surface area is 120 Å². The minimum atomic E-state index is -1.41. The Bertz CT molecular complexity index is 269. The number of unbranched alkanes of at least 4 members (excludes halogenated alkanes) is 2. The highest BCUT2D eigenvalue weighted by atomic mass is 16.7. The lowest BCUT2D eigenvalue weighted by molar-refractivity contribution is -0.936. The number of aliphatic hydroxyl groups is 2. The zero-order chi connectivity index (χ0) is 15.0. The maximum Gasteiger partial charge on any atom is 0.234 e. The van der Waals surface area contributed by atoms with E-state index in [1.807, 2.05) is 6.92 Å². The standard InChI is InChI=1S/C13H28N2O5/c1-3-5-7-19-10-14-9-15(18,13(17)12(14)16)11-20-8-6-4-2/h12-13,16-17H,3-11H2,1-2H3. The van der Waals surface area contributed by atoms with E-state index < -0.39 is 17.1 Å². The van der Waals surface area contributed by atoms with Gasteiger partial charge in [-0.1, -0.05) is 26.7 Å². The van der Waals surface area contributed by atoms with Crippen LogP contribution in [0.2, 0.25) is 0 Å². The zero-order valence-corrected chi connectivity index (χ0v) is 12.5. The molecule has 0 bridgehead atoms. The predicted molar refractivity (Wildman–Crippen MR) is 73.8 cm³/mol. The van der Waals surface area contributed by atoms with E-state index >= 15 is 0 Å². The second-order valence-electron chi connectivity index (χ2n) is 5.29. The summed E-state index contributed by atoms with van der Waals surface area (Å²) in [6.07, 6.45) is 1.21. The molecule has 1 fully saturated rings. The van der Waals surface area contributed by atoms with E-state index in [0.29, 0.717) is 13.2 Å². The fraction of sp³-hybridized carbons (Fsp3) is 1.00. The molecule has 0 aromatic carbocycles. The zero-order valence-electron chi connectivity index (χ0n) is 12.5. The van der Waals surface area contributed by atoms with Gasteiger partial charge in [-0.25, -0.2) is 0 Å². The molecule has 1 saturated heterocycles. The lowest BCUT2D eigenvalue weighted by Gasteiger charge is -2.39. The molecule has 0 radical (unpaired) electrons. The van der Waals surface area contributed by atoms with Crippen LogP contribution in [0.25, 0.3) is 0 Å². The van der Waals surface area contributed by atoms with Gasteiger partial charge in [0.2, 0.25) is 6.23 Å². The van der Waals surface area contributed by atoms with Gasteiger partial charge in [0.15, 0.2) is 13.0 Å². The number of quaternary nitrogens is 1. The molecule has 0 spiro atoms. The molecule has 20 heavy (non-hydrogen) atoms. The van der Waals surface area contributed by atoms with E-state index in [4.69, 9.17) is 9.47 Å². The van der Waals surface area contributed by atoms with Gasteiger partial charge in [-0.15, -0.1) is 0 Å². The minimum Gasteiger partial charge on any atom is -0.628 e. The van der Waals surface area contributed by atoms with Crippen molar-refractivity contribution in [2.45, 2.75) is 52.0 Å². The van der Waals surface area contributed by atoms with Gasteiger partial charge in [-0.2, -0.15) is 4.90 Å². The second-order valence-corrected chi connectivity index (χ2v) is 5.29. The van der Waals surface area contributed by atoms with E-state index in [-0.39, 0.29) is 20.1 Å². The lowest BCUT2D eigenvalue weighted by atomic mass is 10.4. The Balaban J connectivity index is 2.37. The van der Waals surface area contributed by atoms with Crippen LogP contribution in [0.15, 0.2) is 0 Å². The third kappa shape index (κ3) is 4.92. The summed E-state index contributed by atoms with van der Waals surface area (Å²) < 4.78 is 9.70. The molecular weight excluding hydrogens is 264 g/mol. The van der Waals surface area contributed by atoms with Crippen LogP contribution in [0, 0.1) is 5.21 Å². The molecule has 2 N–H and O–H groups in total. The fourth-order valence-corrected chi connectivity index (χ4v) is 2.03. The van der Waals surface area contributed by atoms with Crippen molar-refractivity contribution < 1.29 is 24.3 Å². The normalized spacial score (nSPS) is 31.1. The van der Waals surface area contributed by atoms with Gasteiger partial charge in [0.25, 0.3) is 0 Å². The van der Waals surface area contributed by atoms with Gasteiger partial charge < -0.3 is 24.9 Å². The molecule has 0 aromatic rings. The fourth-order valence-electron chi connectivity index (χ4n) is 2.03. The van der Waals surface area contributed by atoms with Crippen molar-refractivity contribution in [1.29, 1.82) is 0 Å². The van der Waals surface area contributed by atoms with Crippen molar-refractivity contribution in [3.63, 3.8) is 0 Å². The third-order valence-corrected chi connectivity index (χ3v) is 3.40. The van der Waals surface area contributed by atoms with Gasteiger partial charge in [-0.3, -0.25) is 4.65 Å². The summed E-state index contributed by atoms with van der Waals surface area (Å²) in [4.78, 5) is 1.44. The SMILES string of the molecule is CCCCOCN1C[N+]([O-])(COCCCC)C(O)C1O. The number of hydrogen-bond acceptors (Lipinski definition) is 6. The lowest BCUT2D eigenvalue weighted by Crippen LogP contribution is -2.50. The molecular formula is C13H28N2O5. The summed E-state index contributed by atoms with van der Waals surface area (Å²) in [5.41, 5.74) is 0. The monoisotopic (exact) mass is 292 g/mol. The number of rotatable bonds is 10. The maximum atomic E-state index is 12.4. The van der Waals surface area contributed by atoms with E-state index in [1.54, 1.807) is 0 Å². The molecule has 0 saturated carbocycles. The van der Waals surface area contributed by atoms with Crippen molar-refractivity contribution in [1.82, 2.24) is 4.90 Å². The Morgan fingerprint density at radius 1 is 1.15 bits per heavy atom. The maximum absolute atomic E-state index is 12.4. The highest BCUT2D eigenvalue weighted by Crippen LogP contribution is 2.25. The van der Waals surface area contributed by atoms with Crippen LogP contribution in [0.4, 0.5) is 0 Å². The first-order valence-corrected chi connectivity index (χ1v) is 7.38. The van der Waals surface area contributed by atoms with Gasteiger partial charge in [-0.05, 0) is 12.8 Å². The average Bonchev–Trinajstić information content (AvgIpc) is 2.65. The average molecular weight is 292 g/mol. The van der Waals surface area contributed by atoms with Crippen molar-refractivity contribution in [2.24, 2.45) is 0 Å². The molecule has 120 valence electrons. The summed E-state index contributed by atoms with van der Waals surface area (Å²) in [7, 11) is 0.